The molecule has 0 aliphatic heterocycles. The zero-order valence-electron chi connectivity index (χ0n) is 9.93. The van der Waals surface area contributed by atoms with E-state index in [4.69, 9.17) is 0 Å². The minimum atomic E-state index is -1.43. The van der Waals surface area contributed by atoms with Crippen LogP contribution in [0.3, 0.4) is 0 Å². The lowest BCUT2D eigenvalue weighted by atomic mass is 10.1. The van der Waals surface area contributed by atoms with Crippen molar-refractivity contribution in [2.75, 3.05) is 6.54 Å². The molecule has 1 nitrogen and oxygen atoms in total. The second-order valence-electron chi connectivity index (χ2n) is 3.90. The van der Waals surface area contributed by atoms with Gasteiger partial charge in [0.05, 0.1) is 0 Å². The molecule has 1 atom stereocenters. The van der Waals surface area contributed by atoms with Gasteiger partial charge in [-0.25, -0.2) is 13.2 Å². The number of halogens is 3. The lowest BCUT2D eigenvalue weighted by molar-refractivity contribution is 0.447. The largest absolute Gasteiger partial charge is 0.311 e. The Labute approximate surface area is 99.3 Å². The van der Waals surface area contributed by atoms with Gasteiger partial charge in [0.2, 0.25) is 0 Å². The van der Waals surface area contributed by atoms with Gasteiger partial charge in [-0.3, -0.25) is 0 Å². The van der Waals surface area contributed by atoms with Gasteiger partial charge in [-0.05, 0) is 37.6 Å². The van der Waals surface area contributed by atoms with Crippen LogP contribution >= 0.6 is 0 Å². The molecule has 1 aromatic rings. The van der Waals surface area contributed by atoms with Crippen molar-refractivity contribution in [2.45, 2.75) is 26.3 Å². The summed E-state index contributed by atoms with van der Waals surface area (Å²) < 4.78 is 38.5. The summed E-state index contributed by atoms with van der Waals surface area (Å²) in [7, 11) is 0. The van der Waals surface area contributed by atoms with E-state index in [9.17, 15) is 13.2 Å². The molecule has 1 rings (SSSR count). The third-order valence-corrected chi connectivity index (χ3v) is 2.30. The Hall–Kier alpha value is -1.29. The normalized spacial score (nSPS) is 13.2. The Bertz CT molecular complexity index is 379. The highest BCUT2D eigenvalue weighted by molar-refractivity contribution is 5.50. The Morgan fingerprint density at radius 1 is 1.24 bits per heavy atom. The Morgan fingerprint density at radius 3 is 2.35 bits per heavy atom. The lowest BCUT2D eigenvalue weighted by Gasteiger charge is -2.07. The fraction of sp³-hybridized carbons (Fsp3) is 0.385. The molecule has 1 aromatic carbocycles. The fourth-order valence-electron chi connectivity index (χ4n) is 1.37. The van der Waals surface area contributed by atoms with Crippen LogP contribution in [0, 0.1) is 17.5 Å². The molecule has 1 N–H and O–H groups in total. The van der Waals surface area contributed by atoms with Crippen molar-refractivity contribution in [3.8, 4) is 0 Å². The van der Waals surface area contributed by atoms with E-state index in [1.54, 1.807) is 12.2 Å². The van der Waals surface area contributed by atoms with Crippen LogP contribution in [0.4, 0.5) is 13.2 Å². The first-order valence-electron chi connectivity index (χ1n) is 5.60. The molecule has 0 aliphatic rings. The van der Waals surface area contributed by atoms with Crippen molar-refractivity contribution < 1.29 is 13.2 Å². The fourth-order valence-corrected chi connectivity index (χ4v) is 1.37. The summed E-state index contributed by atoms with van der Waals surface area (Å²) in [6.07, 6.45) is 4.36. The molecule has 4 heteroatoms. The van der Waals surface area contributed by atoms with Gasteiger partial charge in [0.1, 0.15) is 0 Å². The van der Waals surface area contributed by atoms with Crippen molar-refractivity contribution in [3.63, 3.8) is 0 Å². The van der Waals surface area contributed by atoms with Gasteiger partial charge in [0, 0.05) is 6.04 Å². The molecule has 0 bridgehead atoms. The molecular formula is C13H16F3N. The first-order chi connectivity index (χ1) is 8.04. The van der Waals surface area contributed by atoms with Crippen LogP contribution in [0.5, 0.6) is 0 Å². The second kappa shape index (κ2) is 6.45. The van der Waals surface area contributed by atoms with Crippen molar-refractivity contribution >= 4 is 6.08 Å². The molecule has 94 valence electrons. The maximum absolute atomic E-state index is 12.9. The van der Waals surface area contributed by atoms with E-state index in [0.717, 1.165) is 25.1 Å². The zero-order chi connectivity index (χ0) is 12.8. The molecule has 0 radical (unpaired) electrons. The van der Waals surface area contributed by atoms with E-state index in [1.165, 1.54) is 0 Å². The number of rotatable bonds is 5. The van der Waals surface area contributed by atoms with E-state index < -0.39 is 17.5 Å². The number of benzene rings is 1. The summed E-state index contributed by atoms with van der Waals surface area (Å²) in [5.41, 5.74) is 0.312. The van der Waals surface area contributed by atoms with Crippen LogP contribution in [0.1, 0.15) is 25.8 Å². The van der Waals surface area contributed by atoms with Crippen LogP contribution in [0.15, 0.2) is 18.2 Å². The average Bonchev–Trinajstić information content (AvgIpc) is 2.30. The van der Waals surface area contributed by atoms with E-state index >= 15 is 0 Å². The molecule has 1 unspecified atom stereocenters. The molecular weight excluding hydrogens is 227 g/mol. The topological polar surface area (TPSA) is 12.0 Å². The van der Waals surface area contributed by atoms with Gasteiger partial charge in [-0.15, -0.1) is 0 Å². The Kier molecular flexibility index (Phi) is 5.22. The van der Waals surface area contributed by atoms with Crippen LogP contribution in [-0.4, -0.2) is 12.6 Å². The first-order valence-corrected chi connectivity index (χ1v) is 5.60. The minimum absolute atomic E-state index is 0.103. The maximum Gasteiger partial charge on any atom is 0.194 e. The molecule has 0 aromatic heterocycles. The second-order valence-corrected chi connectivity index (χ2v) is 3.90. The molecule has 0 aliphatic carbocycles. The van der Waals surface area contributed by atoms with E-state index in [0.29, 0.717) is 5.56 Å². The summed E-state index contributed by atoms with van der Waals surface area (Å²) in [4.78, 5) is 0. The molecule has 17 heavy (non-hydrogen) atoms. The molecule has 0 saturated heterocycles. The van der Waals surface area contributed by atoms with Crippen molar-refractivity contribution in [3.05, 3.63) is 41.2 Å². The van der Waals surface area contributed by atoms with Crippen molar-refractivity contribution in [2.24, 2.45) is 0 Å². The van der Waals surface area contributed by atoms with E-state index in [1.807, 2.05) is 13.8 Å². The highest BCUT2D eigenvalue weighted by Crippen LogP contribution is 2.14. The lowest BCUT2D eigenvalue weighted by Crippen LogP contribution is -2.24. The predicted octanol–water partition coefficient (Wildman–Crippen LogP) is 3.51. The highest BCUT2D eigenvalue weighted by atomic mass is 19.2. The van der Waals surface area contributed by atoms with Gasteiger partial charge >= 0.3 is 0 Å². The summed E-state index contributed by atoms with van der Waals surface area (Å²) in [5.74, 6) is -3.77. The molecule has 0 saturated carbocycles. The SMILES string of the molecule is CCCNC(C)/C=C/c1cc(F)c(F)c(F)c1. The molecule has 0 amide bonds. The van der Waals surface area contributed by atoms with Crippen LogP contribution in [0.2, 0.25) is 0 Å². The van der Waals surface area contributed by atoms with Crippen molar-refractivity contribution in [1.82, 2.24) is 5.32 Å². The van der Waals surface area contributed by atoms with Crippen LogP contribution < -0.4 is 5.32 Å². The molecule has 0 fully saturated rings. The predicted molar refractivity (Wildman–Crippen MR) is 63.1 cm³/mol. The van der Waals surface area contributed by atoms with Gasteiger partial charge in [-0.2, -0.15) is 0 Å². The van der Waals surface area contributed by atoms with Gasteiger partial charge in [0.15, 0.2) is 17.5 Å². The van der Waals surface area contributed by atoms with Crippen molar-refractivity contribution in [1.29, 1.82) is 0 Å². The monoisotopic (exact) mass is 243 g/mol. The number of nitrogens with one attached hydrogen (secondary N) is 1. The average molecular weight is 243 g/mol. The standard InChI is InChI=1S/C13H16F3N/c1-3-6-17-9(2)4-5-10-7-11(14)13(16)12(15)8-10/h4-5,7-9,17H,3,6H2,1-2H3/b5-4+. The van der Waals surface area contributed by atoms with E-state index in [-0.39, 0.29) is 6.04 Å². The molecule has 0 heterocycles. The van der Waals surface area contributed by atoms with E-state index in [2.05, 4.69) is 5.32 Å². The minimum Gasteiger partial charge on any atom is -0.311 e. The number of hydrogen-bond donors (Lipinski definition) is 1. The zero-order valence-corrected chi connectivity index (χ0v) is 9.93. The summed E-state index contributed by atoms with van der Waals surface area (Å²) >= 11 is 0. The highest BCUT2D eigenvalue weighted by Gasteiger charge is 2.08. The van der Waals surface area contributed by atoms with Gasteiger partial charge in [-0.1, -0.05) is 19.1 Å². The first kappa shape index (κ1) is 13.8. The Morgan fingerprint density at radius 2 is 1.82 bits per heavy atom. The maximum atomic E-state index is 12.9. The van der Waals surface area contributed by atoms with Gasteiger partial charge < -0.3 is 5.32 Å². The Balaban J connectivity index is 2.71. The third-order valence-electron chi connectivity index (χ3n) is 2.30. The smallest absolute Gasteiger partial charge is 0.194 e. The van der Waals surface area contributed by atoms with Gasteiger partial charge in [0.25, 0.3) is 0 Å². The summed E-state index contributed by atoms with van der Waals surface area (Å²) in [6.45, 7) is 4.86. The third kappa shape index (κ3) is 4.23. The quantitative estimate of drug-likeness (QED) is 0.780. The number of hydrogen-bond acceptors (Lipinski definition) is 1. The summed E-state index contributed by atoms with van der Waals surface area (Å²) in [6, 6.07) is 2.05. The van der Waals surface area contributed by atoms with Crippen LogP contribution in [0.25, 0.3) is 6.08 Å². The van der Waals surface area contributed by atoms with Crippen LogP contribution in [-0.2, 0) is 0 Å². The summed E-state index contributed by atoms with van der Waals surface area (Å²) in [5, 5.41) is 3.19. The molecule has 0 spiro atoms.